The van der Waals surface area contributed by atoms with Gasteiger partial charge in [-0.2, -0.15) is 4.98 Å². The van der Waals surface area contributed by atoms with E-state index >= 15 is 0 Å². The van der Waals surface area contributed by atoms with E-state index in [1.807, 2.05) is 74.5 Å². The summed E-state index contributed by atoms with van der Waals surface area (Å²) in [7, 11) is 0. The Morgan fingerprint density at radius 2 is 1.84 bits per heavy atom. The van der Waals surface area contributed by atoms with Gasteiger partial charge in [0.05, 0.1) is 19.4 Å². The lowest BCUT2D eigenvalue weighted by atomic mass is 10.2. The summed E-state index contributed by atoms with van der Waals surface area (Å²) >= 11 is 0. The molecule has 1 amide bonds. The maximum Gasteiger partial charge on any atom is 0.227 e. The van der Waals surface area contributed by atoms with Crippen molar-refractivity contribution in [3.63, 3.8) is 0 Å². The van der Waals surface area contributed by atoms with E-state index in [4.69, 9.17) is 13.7 Å². The number of carbonyl (C=O) groups excluding carboxylic acids is 1. The number of nitrogens with zero attached hydrogens (tertiary/aromatic N) is 3. The average Bonchev–Trinajstić information content (AvgIpc) is 3.50. The molecule has 7 nitrogen and oxygen atoms in total. The van der Waals surface area contributed by atoms with E-state index in [0.717, 1.165) is 28.3 Å². The Balaban J connectivity index is 1.43. The Labute approximate surface area is 186 Å². The van der Waals surface area contributed by atoms with Crippen molar-refractivity contribution in [1.82, 2.24) is 10.1 Å². The third-order valence-electron chi connectivity index (χ3n) is 4.99. The van der Waals surface area contributed by atoms with Crippen LogP contribution in [0.15, 0.2) is 75.9 Å². The second-order valence-corrected chi connectivity index (χ2v) is 7.36. The molecule has 0 bridgehead atoms. The lowest BCUT2D eigenvalue weighted by molar-refractivity contribution is -0.118. The zero-order valence-electron chi connectivity index (χ0n) is 18.2. The Hall–Kier alpha value is -3.87. The molecule has 0 radical (unpaired) electrons. The van der Waals surface area contributed by atoms with Crippen molar-refractivity contribution in [2.75, 3.05) is 11.5 Å². The Morgan fingerprint density at radius 3 is 2.53 bits per heavy atom. The molecule has 2 aromatic heterocycles. The molecule has 4 rings (SSSR count). The summed E-state index contributed by atoms with van der Waals surface area (Å²) < 4.78 is 16.3. The summed E-state index contributed by atoms with van der Waals surface area (Å²) in [6.45, 7) is 4.92. The van der Waals surface area contributed by atoms with Gasteiger partial charge in [0.2, 0.25) is 17.6 Å². The molecular formula is C25H25N3O4. The van der Waals surface area contributed by atoms with Gasteiger partial charge in [-0.3, -0.25) is 4.79 Å². The van der Waals surface area contributed by atoms with Crippen LogP contribution < -0.4 is 9.64 Å². The molecule has 0 saturated heterocycles. The van der Waals surface area contributed by atoms with Crippen molar-refractivity contribution in [2.24, 2.45) is 0 Å². The zero-order valence-corrected chi connectivity index (χ0v) is 18.2. The molecule has 0 spiro atoms. The Kier molecular flexibility index (Phi) is 6.65. The van der Waals surface area contributed by atoms with Crippen LogP contribution in [0.5, 0.6) is 5.75 Å². The van der Waals surface area contributed by atoms with Gasteiger partial charge in [-0.25, -0.2) is 0 Å². The van der Waals surface area contributed by atoms with Gasteiger partial charge in [-0.15, -0.1) is 0 Å². The van der Waals surface area contributed by atoms with Crippen LogP contribution in [0.3, 0.4) is 0 Å². The lowest BCUT2D eigenvalue weighted by Crippen LogP contribution is -2.30. The van der Waals surface area contributed by atoms with E-state index in [2.05, 4.69) is 10.1 Å². The molecule has 0 atom stereocenters. The zero-order chi connectivity index (χ0) is 22.3. The van der Waals surface area contributed by atoms with Crippen LogP contribution in [0.4, 0.5) is 5.69 Å². The number of carbonyl (C=O) groups is 1. The summed E-state index contributed by atoms with van der Waals surface area (Å²) in [6.07, 6.45) is 2.19. The van der Waals surface area contributed by atoms with Crippen LogP contribution >= 0.6 is 0 Å². The number of anilines is 1. The molecule has 32 heavy (non-hydrogen) atoms. The first-order chi connectivity index (χ1) is 15.6. The number of aryl methyl sites for hydroxylation is 2. The molecule has 2 heterocycles. The predicted molar refractivity (Wildman–Crippen MR) is 120 cm³/mol. The Morgan fingerprint density at radius 1 is 1.06 bits per heavy atom. The highest BCUT2D eigenvalue weighted by atomic mass is 16.5. The van der Waals surface area contributed by atoms with Crippen LogP contribution in [0, 0.1) is 6.92 Å². The highest BCUT2D eigenvalue weighted by molar-refractivity contribution is 5.93. The number of hydrogen-bond donors (Lipinski definition) is 0. The highest BCUT2D eigenvalue weighted by Crippen LogP contribution is 2.22. The van der Waals surface area contributed by atoms with Gasteiger partial charge in [0, 0.05) is 24.1 Å². The molecule has 0 aliphatic heterocycles. The van der Waals surface area contributed by atoms with E-state index in [1.54, 1.807) is 11.2 Å². The minimum atomic E-state index is -0.0499. The van der Waals surface area contributed by atoms with Crippen molar-refractivity contribution in [3.05, 3.63) is 84.1 Å². The summed E-state index contributed by atoms with van der Waals surface area (Å²) in [5, 5.41) is 4.05. The maximum absolute atomic E-state index is 13.1. The van der Waals surface area contributed by atoms with Gasteiger partial charge in [0.25, 0.3) is 0 Å². The first-order valence-corrected chi connectivity index (χ1v) is 10.6. The smallest absolute Gasteiger partial charge is 0.227 e. The second kappa shape index (κ2) is 9.96. The Bertz CT molecular complexity index is 1130. The highest BCUT2D eigenvalue weighted by Gasteiger charge is 2.19. The number of amides is 1. The van der Waals surface area contributed by atoms with Gasteiger partial charge >= 0.3 is 0 Å². The molecule has 7 heteroatoms. The molecule has 4 aromatic rings. The minimum Gasteiger partial charge on any atom is -0.494 e. The molecule has 0 fully saturated rings. The second-order valence-electron chi connectivity index (χ2n) is 7.36. The van der Waals surface area contributed by atoms with Crippen LogP contribution in [0.25, 0.3) is 11.4 Å². The molecule has 0 saturated carbocycles. The van der Waals surface area contributed by atoms with E-state index in [1.165, 1.54) is 0 Å². The van der Waals surface area contributed by atoms with Crippen LogP contribution in [0.1, 0.15) is 30.6 Å². The van der Waals surface area contributed by atoms with E-state index in [9.17, 15) is 4.79 Å². The van der Waals surface area contributed by atoms with Crippen LogP contribution in [-0.2, 0) is 17.8 Å². The summed E-state index contributed by atoms with van der Waals surface area (Å²) in [4.78, 5) is 19.2. The number of hydrogen-bond acceptors (Lipinski definition) is 6. The molecule has 0 aliphatic carbocycles. The van der Waals surface area contributed by atoms with Gasteiger partial charge in [0.1, 0.15) is 11.5 Å². The topological polar surface area (TPSA) is 81.6 Å². The standard InChI is InChI=1S/C25H25N3O4/c1-3-30-21-12-8-19(9-13-21)25-26-23(32-27-25)14-15-24(29)28(17-22-5-4-16-31-22)20-10-6-18(2)7-11-20/h4-13,16H,3,14-15,17H2,1-2H3. The van der Waals surface area contributed by atoms with E-state index in [0.29, 0.717) is 31.3 Å². The first kappa shape index (κ1) is 21.4. The third kappa shape index (κ3) is 5.24. The number of ether oxygens (including phenoxy) is 1. The fourth-order valence-electron chi connectivity index (χ4n) is 3.30. The molecule has 0 unspecified atom stereocenters. The van der Waals surface area contributed by atoms with Crippen molar-refractivity contribution in [3.8, 4) is 17.1 Å². The average molecular weight is 431 g/mol. The minimum absolute atomic E-state index is 0.0499. The third-order valence-corrected chi connectivity index (χ3v) is 4.99. The summed E-state index contributed by atoms with van der Waals surface area (Å²) in [5.74, 6) is 2.37. The molecule has 0 N–H and O–H groups in total. The lowest BCUT2D eigenvalue weighted by Gasteiger charge is -2.22. The van der Waals surface area contributed by atoms with Gasteiger partial charge in [-0.05, 0) is 62.4 Å². The molecule has 164 valence electrons. The summed E-state index contributed by atoms with van der Waals surface area (Å²) in [5.41, 5.74) is 2.78. The summed E-state index contributed by atoms with van der Waals surface area (Å²) in [6, 6.07) is 19.0. The van der Waals surface area contributed by atoms with Crippen LogP contribution in [0.2, 0.25) is 0 Å². The molecule has 0 aliphatic rings. The molecule has 2 aromatic carbocycles. The van der Waals surface area contributed by atoms with E-state index < -0.39 is 0 Å². The fraction of sp³-hybridized carbons (Fsp3) is 0.240. The first-order valence-electron chi connectivity index (χ1n) is 10.6. The maximum atomic E-state index is 13.1. The van der Waals surface area contributed by atoms with Crippen molar-refractivity contribution in [2.45, 2.75) is 33.2 Å². The molecular weight excluding hydrogens is 406 g/mol. The SMILES string of the molecule is CCOc1ccc(-c2noc(CCC(=O)N(Cc3ccco3)c3ccc(C)cc3)n2)cc1. The van der Waals surface area contributed by atoms with Gasteiger partial charge in [0.15, 0.2) is 0 Å². The largest absolute Gasteiger partial charge is 0.494 e. The van der Waals surface area contributed by atoms with Crippen LogP contribution in [-0.4, -0.2) is 22.7 Å². The van der Waals surface area contributed by atoms with Crippen molar-refractivity contribution < 1.29 is 18.5 Å². The monoisotopic (exact) mass is 431 g/mol. The van der Waals surface area contributed by atoms with E-state index in [-0.39, 0.29) is 12.3 Å². The number of aromatic nitrogens is 2. The van der Waals surface area contributed by atoms with Gasteiger partial charge < -0.3 is 18.6 Å². The fourth-order valence-corrected chi connectivity index (χ4v) is 3.30. The predicted octanol–water partition coefficient (Wildman–Crippen LogP) is 5.20. The number of rotatable bonds is 9. The van der Waals surface area contributed by atoms with Gasteiger partial charge in [-0.1, -0.05) is 22.9 Å². The number of furan rings is 1. The number of benzene rings is 2. The normalized spacial score (nSPS) is 10.8. The van der Waals surface area contributed by atoms with Crippen molar-refractivity contribution in [1.29, 1.82) is 0 Å². The quantitative estimate of drug-likeness (QED) is 0.362. The van der Waals surface area contributed by atoms with Crippen molar-refractivity contribution >= 4 is 11.6 Å².